The number of likely N-dealkylation sites (tertiary alicyclic amines) is 1. The highest BCUT2D eigenvalue weighted by molar-refractivity contribution is 6.44. The van der Waals surface area contributed by atoms with Crippen molar-refractivity contribution < 1.29 is 14.8 Å². The van der Waals surface area contributed by atoms with Crippen LogP contribution in [0.15, 0.2) is 12.1 Å². The third-order valence-electron chi connectivity index (χ3n) is 2.96. The summed E-state index contributed by atoms with van der Waals surface area (Å²) in [4.78, 5) is 23.7. The van der Waals surface area contributed by atoms with Crippen molar-refractivity contribution in [3.63, 3.8) is 0 Å². The third kappa shape index (κ3) is 2.65. The minimum Gasteiger partial charge on any atom is -0.396 e. The molecule has 1 amide bonds. The zero-order valence-electron chi connectivity index (χ0n) is 9.68. The monoisotopic (exact) mass is 304 g/mol. The van der Waals surface area contributed by atoms with E-state index in [1.54, 1.807) is 0 Å². The van der Waals surface area contributed by atoms with E-state index in [0.29, 0.717) is 13.1 Å². The standard InChI is InChI=1S/C11H10Cl2N2O4/c12-9-2-7(15(18)19)1-8(10(9)13)11(17)14-3-6(4-14)5-16/h1-2,6,16H,3-5H2. The Kier molecular flexibility index (Phi) is 3.93. The lowest BCUT2D eigenvalue weighted by atomic mass is 10.00. The molecule has 102 valence electrons. The molecule has 1 aromatic rings. The number of halogens is 2. The lowest BCUT2D eigenvalue weighted by Crippen LogP contribution is -2.51. The van der Waals surface area contributed by atoms with E-state index in [1.807, 2.05) is 0 Å². The van der Waals surface area contributed by atoms with E-state index in [0.717, 1.165) is 12.1 Å². The van der Waals surface area contributed by atoms with Gasteiger partial charge in [-0.2, -0.15) is 0 Å². The van der Waals surface area contributed by atoms with Crippen LogP contribution in [-0.2, 0) is 0 Å². The van der Waals surface area contributed by atoms with Gasteiger partial charge in [0.25, 0.3) is 11.6 Å². The Morgan fingerprint density at radius 1 is 1.47 bits per heavy atom. The van der Waals surface area contributed by atoms with Gasteiger partial charge < -0.3 is 10.0 Å². The predicted molar refractivity (Wildman–Crippen MR) is 69.6 cm³/mol. The number of amides is 1. The molecule has 1 fully saturated rings. The van der Waals surface area contributed by atoms with Crippen LogP contribution in [0.1, 0.15) is 10.4 Å². The van der Waals surface area contributed by atoms with Gasteiger partial charge in [-0.3, -0.25) is 14.9 Å². The molecule has 0 atom stereocenters. The Hall–Kier alpha value is -1.37. The van der Waals surface area contributed by atoms with Crippen molar-refractivity contribution in [2.45, 2.75) is 0 Å². The highest BCUT2D eigenvalue weighted by atomic mass is 35.5. The first-order valence-electron chi connectivity index (χ1n) is 5.47. The molecule has 19 heavy (non-hydrogen) atoms. The molecular weight excluding hydrogens is 295 g/mol. The Morgan fingerprint density at radius 3 is 2.63 bits per heavy atom. The first kappa shape index (κ1) is 14.0. The molecule has 0 spiro atoms. The molecule has 1 heterocycles. The molecule has 0 aliphatic carbocycles. The Labute approximate surface area is 118 Å². The number of nitro groups is 1. The van der Waals surface area contributed by atoms with Crippen molar-refractivity contribution in [2.75, 3.05) is 19.7 Å². The molecule has 0 radical (unpaired) electrons. The summed E-state index contributed by atoms with van der Waals surface area (Å²) in [6.07, 6.45) is 0. The van der Waals surface area contributed by atoms with Gasteiger partial charge in [0.15, 0.2) is 0 Å². The average molecular weight is 305 g/mol. The van der Waals surface area contributed by atoms with Gasteiger partial charge in [0.05, 0.1) is 20.5 Å². The summed E-state index contributed by atoms with van der Waals surface area (Å²) in [7, 11) is 0. The van der Waals surface area contributed by atoms with E-state index in [2.05, 4.69) is 0 Å². The van der Waals surface area contributed by atoms with Gasteiger partial charge in [0.2, 0.25) is 0 Å². The predicted octanol–water partition coefficient (Wildman–Crippen LogP) is 1.97. The van der Waals surface area contributed by atoms with Gasteiger partial charge in [-0.15, -0.1) is 0 Å². The molecule has 6 nitrogen and oxygen atoms in total. The third-order valence-corrected chi connectivity index (χ3v) is 3.76. The van der Waals surface area contributed by atoms with E-state index in [9.17, 15) is 14.9 Å². The summed E-state index contributed by atoms with van der Waals surface area (Å²) >= 11 is 11.7. The minimum atomic E-state index is -0.633. The molecular formula is C11H10Cl2N2O4. The zero-order chi connectivity index (χ0) is 14.2. The highest BCUT2D eigenvalue weighted by Gasteiger charge is 2.32. The van der Waals surface area contributed by atoms with Crippen LogP contribution in [0.3, 0.4) is 0 Å². The van der Waals surface area contributed by atoms with E-state index in [4.69, 9.17) is 28.3 Å². The maximum Gasteiger partial charge on any atom is 0.271 e. The molecule has 1 aliphatic heterocycles. The number of aliphatic hydroxyl groups excluding tert-OH is 1. The van der Waals surface area contributed by atoms with Crippen molar-refractivity contribution in [2.24, 2.45) is 5.92 Å². The van der Waals surface area contributed by atoms with Gasteiger partial charge in [-0.05, 0) is 0 Å². The largest absolute Gasteiger partial charge is 0.396 e. The van der Waals surface area contributed by atoms with Crippen LogP contribution in [0.5, 0.6) is 0 Å². The SMILES string of the molecule is O=C(c1cc([N+](=O)[O-])cc(Cl)c1Cl)N1CC(CO)C1. The van der Waals surface area contributed by atoms with Crippen molar-refractivity contribution in [1.82, 2.24) is 4.90 Å². The van der Waals surface area contributed by atoms with Crippen LogP contribution >= 0.6 is 23.2 Å². The number of carbonyl (C=O) groups excluding carboxylic acids is 1. The first-order chi connectivity index (χ1) is 8.93. The van der Waals surface area contributed by atoms with Crippen LogP contribution in [0.4, 0.5) is 5.69 Å². The fraction of sp³-hybridized carbons (Fsp3) is 0.364. The molecule has 1 aliphatic rings. The number of nitro benzene ring substituents is 1. The first-order valence-corrected chi connectivity index (χ1v) is 6.23. The smallest absolute Gasteiger partial charge is 0.271 e. The van der Waals surface area contributed by atoms with Crippen LogP contribution in [0.25, 0.3) is 0 Å². The Bertz CT molecular complexity index is 544. The van der Waals surface area contributed by atoms with Gasteiger partial charge in [0.1, 0.15) is 0 Å². The van der Waals surface area contributed by atoms with Crippen LogP contribution < -0.4 is 0 Å². The fourth-order valence-electron chi connectivity index (χ4n) is 1.86. The molecule has 0 saturated carbocycles. The summed E-state index contributed by atoms with van der Waals surface area (Å²) in [6.45, 7) is 0.825. The summed E-state index contributed by atoms with van der Waals surface area (Å²) in [5.41, 5.74) is -0.269. The summed E-state index contributed by atoms with van der Waals surface area (Å²) in [5, 5.41) is 19.6. The van der Waals surface area contributed by atoms with Crippen LogP contribution in [0.2, 0.25) is 10.0 Å². The molecule has 0 aromatic heterocycles. The molecule has 2 rings (SSSR count). The summed E-state index contributed by atoms with van der Waals surface area (Å²) < 4.78 is 0. The number of nitrogens with zero attached hydrogens (tertiary/aromatic N) is 2. The minimum absolute atomic E-state index is 0.00437. The zero-order valence-corrected chi connectivity index (χ0v) is 11.2. The number of hydrogen-bond acceptors (Lipinski definition) is 4. The molecule has 1 N–H and O–H groups in total. The topological polar surface area (TPSA) is 83.7 Å². The van der Waals surface area contributed by atoms with Crippen LogP contribution in [0, 0.1) is 16.0 Å². The summed E-state index contributed by atoms with van der Waals surface area (Å²) in [5.74, 6) is -0.364. The quantitative estimate of drug-likeness (QED) is 0.683. The van der Waals surface area contributed by atoms with Crippen molar-refractivity contribution in [1.29, 1.82) is 0 Å². The second-order valence-electron chi connectivity index (χ2n) is 4.30. The lowest BCUT2D eigenvalue weighted by molar-refractivity contribution is -0.384. The molecule has 8 heteroatoms. The van der Waals surface area contributed by atoms with E-state index in [1.165, 1.54) is 4.90 Å². The van der Waals surface area contributed by atoms with Crippen molar-refractivity contribution in [3.05, 3.63) is 37.9 Å². The van der Waals surface area contributed by atoms with Crippen molar-refractivity contribution >= 4 is 34.8 Å². The summed E-state index contributed by atoms with van der Waals surface area (Å²) in [6, 6.07) is 2.22. The number of hydrogen-bond donors (Lipinski definition) is 1. The molecule has 0 bridgehead atoms. The van der Waals surface area contributed by atoms with Crippen molar-refractivity contribution in [3.8, 4) is 0 Å². The number of rotatable bonds is 3. The molecule has 1 saturated heterocycles. The maximum absolute atomic E-state index is 12.1. The van der Waals surface area contributed by atoms with Crippen LogP contribution in [-0.4, -0.2) is 40.5 Å². The number of benzene rings is 1. The lowest BCUT2D eigenvalue weighted by Gasteiger charge is -2.38. The Morgan fingerprint density at radius 2 is 2.11 bits per heavy atom. The average Bonchev–Trinajstić information content (AvgIpc) is 2.30. The van der Waals surface area contributed by atoms with Gasteiger partial charge in [0, 0.05) is 37.7 Å². The van der Waals surface area contributed by atoms with Gasteiger partial charge >= 0.3 is 0 Å². The number of non-ortho nitro benzene ring substituents is 1. The number of carbonyl (C=O) groups is 1. The van der Waals surface area contributed by atoms with E-state index in [-0.39, 0.29) is 33.8 Å². The second-order valence-corrected chi connectivity index (χ2v) is 5.09. The molecule has 0 unspecified atom stereocenters. The van der Waals surface area contributed by atoms with E-state index < -0.39 is 10.8 Å². The highest BCUT2D eigenvalue weighted by Crippen LogP contribution is 2.32. The maximum atomic E-state index is 12.1. The van der Waals surface area contributed by atoms with Gasteiger partial charge in [-0.1, -0.05) is 23.2 Å². The normalized spacial score (nSPS) is 15.2. The fourth-order valence-corrected chi connectivity index (χ4v) is 2.26. The van der Waals surface area contributed by atoms with E-state index >= 15 is 0 Å². The van der Waals surface area contributed by atoms with Gasteiger partial charge in [-0.25, -0.2) is 0 Å². The Balaban J connectivity index is 2.29. The molecule has 1 aromatic carbocycles. The second kappa shape index (κ2) is 5.32. The number of aliphatic hydroxyl groups is 1.